The zero-order valence-corrected chi connectivity index (χ0v) is 10.2. The van der Waals surface area contributed by atoms with Crippen molar-refractivity contribution in [2.24, 2.45) is 12.5 Å². The fraction of sp³-hybridized carbons (Fsp3) is 0.750. The molecule has 0 bridgehead atoms. The maximum atomic E-state index is 4.34. The molecule has 0 radical (unpaired) electrons. The Balaban J connectivity index is 2.01. The van der Waals surface area contributed by atoms with Crippen LogP contribution in [0, 0.1) is 12.3 Å². The van der Waals surface area contributed by atoms with E-state index in [9.17, 15) is 0 Å². The fourth-order valence-corrected chi connectivity index (χ4v) is 2.52. The van der Waals surface area contributed by atoms with Crippen LogP contribution >= 0.6 is 0 Å². The molecule has 0 saturated heterocycles. The smallest absolute Gasteiger partial charge is 0.0825 e. The molecule has 1 heterocycles. The predicted molar refractivity (Wildman–Crippen MR) is 63.0 cm³/mol. The predicted octanol–water partition coefficient (Wildman–Crippen LogP) is 2.72. The Morgan fingerprint density at radius 2 is 2.27 bits per heavy atom. The molecule has 1 atom stereocenters. The maximum Gasteiger partial charge on any atom is 0.0825 e. The van der Waals surface area contributed by atoms with E-state index in [1.165, 1.54) is 24.9 Å². The van der Waals surface area contributed by atoms with Crippen molar-refractivity contribution in [3.05, 3.63) is 11.9 Å². The highest BCUT2D eigenvalue weighted by molar-refractivity contribution is 5.46. The van der Waals surface area contributed by atoms with Gasteiger partial charge in [-0.05, 0) is 31.6 Å². The number of nitrogens with zero attached hydrogens (tertiary/aromatic N) is 2. The van der Waals surface area contributed by atoms with Crippen LogP contribution in [0.4, 0.5) is 5.69 Å². The van der Waals surface area contributed by atoms with Crippen LogP contribution in [-0.4, -0.2) is 15.8 Å². The molecule has 0 spiro atoms. The van der Waals surface area contributed by atoms with Crippen LogP contribution in [0.15, 0.2) is 6.20 Å². The van der Waals surface area contributed by atoms with Crippen molar-refractivity contribution in [1.82, 2.24) is 9.78 Å². The molecule has 3 nitrogen and oxygen atoms in total. The van der Waals surface area contributed by atoms with Gasteiger partial charge in [0.2, 0.25) is 0 Å². The standard InChI is InChI=1S/C12H21N3/c1-9-11(8-15(4)14-9)13-10-5-6-12(2,3)7-10/h8,10,13H,5-7H2,1-4H3. The summed E-state index contributed by atoms with van der Waals surface area (Å²) in [6, 6.07) is 0.628. The van der Waals surface area contributed by atoms with Gasteiger partial charge in [0.1, 0.15) is 0 Å². The van der Waals surface area contributed by atoms with Crippen LogP contribution in [0.3, 0.4) is 0 Å². The lowest BCUT2D eigenvalue weighted by Gasteiger charge is -2.18. The third kappa shape index (κ3) is 2.33. The van der Waals surface area contributed by atoms with Gasteiger partial charge >= 0.3 is 0 Å². The van der Waals surface area contributed by atoms with Gasteiger partial charge < -0.3 is 5.32 Å². The van der Waals surface area contributed by atoms with E-state index >= 15 is 0 Å². The molecule has 15 heavy (non-hydrogen) atoms. The minimum absolute atomic E-state index is 0.508. The SMILES string of the molecule is Cc1nn(C)cc1NC1CCC(C)(C)C1. The van der Waals surface area contributed by atoms with Gasteiger partial charge in [0, 0.05) is 19.3 Å². The van der Waals surface area contributed by atoms with Crippen LogP contribution in [-0.2, 0) is 7.05 Å². The zero-order valence-electron chi connectivity index (χ0n) is 10.2. The van der Waals surface area contributed by atoms with Gasteiger partial charge in [-0.25, -0.2) is 0 Å². The Hall–Kier alpha value is -0.990. The van der Waals surface area contributed by atoms with Crippen molar-refractivity contribution in [2.75, 3.05) is 5.32 Å². The molecule has 1 unspecified atom stereocenters. The van der Waals surface area contributed by atoms with Gasteiger partial charge in [-0.1, -0.05) is 13.8 Å². The third-order valence-electron chi connectivity index (χ3n) is 3.34. The monoisotopic (exact) mass is 207 g/mol. The molecule has 84 valence electrons. The van der Waals surface area contributed by atoms with E-state index in [-0.39, 0.29) is 0 Å². The van der Waals surface area contributed by atoms with Gasteiger partial charge in [0.15, 0.2) is 0 Å². The van der Waals surface area contributed by atoms with E-state index in [0.29, 0.717) is 11.5 Å². The van der Waals surface area contributed by atoms with Crippen molar-refractivity contribution in [2.45, 2.75) is 46.1 Å². The molecule has 1 aliphatic carbocycles. The van der Waals surface area contributed by atoms with E-state index in [0.717, 1.165) is 5.69 Å². The highest BCUT2D eigenvalue weighted by atomic mass is 15.3. The fourth-order valence-electron chi connectivity index (χ4n) is 2.52. The zero-order chi connectivity index (χ0) is 11.1. The molecular formula is C12H21N3. The van der Waals surface area contributed by atoms with E-state index in [2.05, 4.69) is 37.4 Å². The van der Waals surface area contributed by atoms with Crippen molar-refractivity contribution < 1.29 is 0 Å². The van der Waals surface area contributed by atoms with Gasteiger partial charge in [0.25, 0.3) is 0 Å². The minimum atomic E-state index is 0.508. The summed E-state index contributed by atoms with van der Waals surface area (Å²) in [5.41, 5.74) is 2.80. The molecule has 0 aliphatic heterocycles. The Bertz CT molecular complexity index is 352. The van der Waals surface area contributed by atoms with Crippen molar-refractivity contribution in [1.29, 1.82) is 0 Å². The van der Waals surface area contributed by atoms with Gasteiger partial charge in [-0.15, -0.1) is 0 Å². The first-order chi connectivity index (χ1) is 6.96. The van der Waals surface area contributed by atoms with Crippen LogP contribution in [0.5, 0.6) is 0 Å². The number of anilines is 1. The molecule has 1 aromatic heterocycles. The molecule has 0 aromatic carbocycles. The first kappa shape index (κ1) is 10.5. The second-order valence-electron chi connectivity index (χ2n) is 5.55. The summed E-state index contributed by atoms with van der Waals surface area (Å²) in [4.78, 5) is 0. The minimum Gasteiger partial charge on any atom is -0.380 e. The van der Waals surface area contributed by atoms with Crippen LogP contribution in [0.25, 0.3) is 0 Å². The molecule has 2 rings (SSSR count). The summed E-state index contributed by atoms with van der Waals surface area (Å²) in [6.45, 7) is 6.76. The van der Waals surface area contributed by atoms with E-state index in [4.69, 9.17) is 0 Å². The summed E-state index contributed by atoms with van der Waals surface area (Å²) in [6.07, 6.45) is 5.94. The Morgan fingerprint density at radius 1 is 1.53 bits per heavy atom. The second kappa shape index (κ2) is 3.54. The molecule has 1 aliphatic rings. The Morgan fingerprint density at radius 3 is 2.73 bits per heavy atom. The molecular weight excluding hydrogens is 186 g/mol. The second-order valence-corrected chi connectivity index (χ2v) is 5.55. The maximum absolute atomic E-state index is 4.34. The molecule has 1 N–H and O–H groups in total. The summed E-state index contributed by atoms with van der Waals surface area (Å²) in [5, 5.41) is 7.95. The summed E-state index contributed by atoms with van der Waals surface area (Å²) in [5.74, 6) is 0. The van der Waals surface area contributed by atoms with Gasteiger partial charge in [-0.2, -0.15) is 5.10 Å². The first-order valence-corrected chi connectivity index (χ1v) is 5.73. The molecule has 1 saturated carbocycles. The quantitative estimate of drug-likeness (QED) is 0.808. The largest absolute Gasteiger partial charge is 0.380 e. The van der Waals surface area contributed by atoms with Crippen LogP contribution < -0.4 is 5.32 Å². The topological polar surface area (TPSA) is 29.9 Å². The number of rotatable bonds is 2. The lowest BCUT2D eigenvalue weighted by Crippen LogP contribution is -2.17. The van der Waals surface area contributed by atoms with Gasteiger partial charge in [0.05, 0.1) is 11.4 Å². The average Bonchev–Trinajstić information content (AvgIpc) is 2.57. The van der Waals surface area contributed by atoms with E-state index < -0.39 is 0 Å². The van der Waals surface area contributed by atoms with Crippen molar-refractivity contribution in [3.63, 3.8) is 0 Å². The third-order valence-corrected chi connectivity index (χ3v) is 3.34. The average molecular weight is 207 g/mol. The lowest BCUT2D eigenvalue weighted by atomic mass is 9.92. The Labute approximate surface area is 91.9 Å². The number of nitrogens with one attached hydrogen (secondary N) is 1. The normalized spacial score (nSPS) is 24.4. The first-order valence-electron chi connectivity index (χ1n) is 5.73. The highest BCUT2D eigenvalue weighted by Crippen LogP contribution is 2.38. The molecule has 1 aromatic rings. The molecule has 1 fully saturated rings. The van der Waals surface area contributed by atoms with E-state index in [1.54, 1.807) is 0 Å². The Kier molecular flexibility index (Phi) is 2.49. The lowest BCUT2D eigenvalue weighted by molar-refractivity contribution is 0.378. The molecule has 0 amide bonds. The number of aryl methyl sites for hydroxylation is 2. The molecule has 3 heteroatoms. The van der Waals surface area contributed by atoms with Crippen molar-refractivity contribution >= 4 is 5.69 Å². The van der Waals surface area contributed by atoms with Crippen LogP contribution in [0.1, 0.15) is 38.8 Å². The van der Waals surface area contributed by atoms with E-state index in [1.807, 2.05) is 11.7 Å². The van der Waals surface area contributed by atoms with Crippen LogP contribution in [0.2, 0.25) is 0 Å². The van der Waals surface area contributed by atoms with Gasteiger partial charge in [-0.3, -0.25) is 4.68 Å². The summed E-state index contributed by atoms with van der Waals surface area (Å²) < 4.78 is 1.87. The number of hydrogen-bond acceptors (Lipinski definition) is 2. The number of hydrogen-bond donors (Lipinski definition) is 1. The highest BCUT2D eigenvalue weighted by Gasteiger charge is 2.31. The van der Waals surface area contributed by atoms with Crippen molar-refractivity contribution in [3.8, 4) is 0 Å². The summed E-state index contributed by atoms with van der Waals surface area (Å²) >= 11 is 0. The summed E-state index contributed by atoms with van der Waals surface area (Å²) in [7, 11) is 1.97. The number of aromatic nitrogens is 2.